The lowest BCUT2D eigenvalue weighted by Gasteiger charge is -2.25. The van der Waals surface area contributed by atoms with E-state index in [-0.39, 0.29) is 17.3 Å². The minimum Gasteiger partial charge on any atom is -0.495 e. The highest BCUT2D eigenvalue weighted by Gasteiger charge is 2.29. The van der Waals surface area contributed by atoms with Crippen molar-refractivity contribution in [1.82, 2.24) is 5.32 Å². The molecule has 0 unspecified atom stereocenters. The first-order valence-corrected chi connectivity index (χ1v) is 13.7. The minimum atomic E-state index is -3.98. The Kier molecular flexibility index (Phi) is 9.68. The van der Waals surface area contributed by atoms with Gasteiger partial charge in [0.2, 0.25) is 5.91 Å². The molecule has 0 atom stereocenters. The summed E-state index contributed by atoms with van der Waals surface area (Å²) in [6.45, 7) is 0.0872. The molecule has 0 aliphatic rings. The van der Waals surface area contributed by atoms with Gasteiger partial charge in [0.25, 0.3) is 10.0 Å². The molecule has 0 saturated heterocycles. The molecule has 0 aliphatic carbocycles. The maximum absolute atomic E-state index is 13.4. The summed E-state index contributed by atoms with van der Waals surface area (Å²) in [7, 11) is -2.52. The minimum absolute atomic E-state index is 0.102. The molecule has 180 valence electrons. The van der Waals surface area contributed by atoms with Crippen LogP contribution in [0.15, 0.2) is 83.8 Å². The van der Waals surface area contributed by atoms with Gasteiger partial charge in [-0.05, 0) is 48.1 Å². The smallest absolute Gasteiger partial charge is 0.264 e. The second-order valence-corrected chi connectivity index (χ2v) is 10.7. The van der Waals surface area contributed by atoms with Crippen LogP contribution in [0.25, 0.3) is 0 Å². The molecule has 0 spiro atoms. The number of rotatable bonds is 12. The fourth-order valence-electron chi connectivity index (χ4n) is 3.24. The summed E-state index contributed by atoms with van der Waals surface area (Å²) in [6, 6.07) is 22.5. The van der Waals surface area contributed by atoms with E-state index in [1.165, 1.54) is 19.2 Å². The van der Waals surface area contributed by atoms with Crippen LogP contribution in [0.4, 0.5) is 5.69 Å². The molecular formula is C25H27ClN2O4S2. The highest BCUT2D eigenvalue weighted by Crippen LogP contribution is 2.32. The lowest BCUT2D eigenvalue weighted by Crippen LogP contribution is -2.41. The average Bonchev–Trinajstić information content (AvgIpc) is 2.86. The van der Waals surface area contributed by atoms with Crippen LogP contribution >= 0.6 is 23.4 Å². The van der Waals surface area contributed by atoms with Crippen molar-refractivity contribution in [3.05, 3.63) is 89.4 Å². The van der Waals surface area contributed by atoms with E-state index in [1.54, 1.807) is 54.2 Å². The first-order valence-electron chi connectivity index (χ1n) is 10.7. The van der Waals surface area contributed by atoms with E-state index >= 15 is 0 Å². The Balaban J connectivity index is 1.61. The molecule has 1 N–H and O–H groups in total. The molecule has 0 aliphatic heterocycles. The molecule has 9 heteroatoms. The van der Waals surface area contributed by atoms with E-state index in [2.05, 4.69) is 5.32 Å². The van der Waals surface area contributed by atoms with Gasteiger partial charge in [-0.25, -0.2) is 8.42 Å². The molecule has 34 heavy (non-hydrogen) atoms. The van der Waals surface area contributed by atoms with Crippen LogP contribution in [0.3, 0.4) is 0 Å². The normalized spacial score (nSPS) is 11.1. The first-order chi connectivity index (χ1) is 16.4. The number of nitrogens with zero attached hydrogens (tertiary/aromatic N) is 1. The van der Waals surface area contributed by atoms with Gasteiger partial charge < -0.3 is 10.1 Å². The van der Waals surface area contributed by atoms with Crippen molar-refractivity contribution in [2.75, 3.05) is 30.3 Å². The molecule has 6 nitrogen and oxygen atoms in total. The van der Waals surface area contributed by atoms with E-state index in [1.807, 2.05) is 24.3 Å². The highest BCUT2D eigenvalue weighted by atomic mass is 35.5. The van der Waals surface area contributed by atoms with E-state index < -0.39 is 10.0 Å². The number of carbonyl (C=O) groups excluding carboxylic acids is 1. The molecule has 0 bridgehead atoms. The quantitative estimate of drug-likeness (QED) is 0.342. The third kappa shape index (κ3) is 6.91. The number of anilines is 1. The van der Waals surface area contributed by atoms with Crippen LogP contribution in [0.1, 0.15) is 12.0 Å². The molecule has 1 amide bonds. The number of hydrogen-bond acceptors (Lipinski definition) is 5. The zero-order valence-electron chi connectivity index (χ0n) is 18.8. The summed E-state index contributed by atoms with van der Waals surface area (Å²) >= 11 is 7.91. The molecule has 0 radical (unpaired) electrons. The van der Waals surface area contributed by atoms with Gasteiger partial charge in [0.15, 0.2) is 0 Å². The summed E-state index contributed by atoms with van der Waals surface area (Å²) < 4.78 is 33.2. The third-order valence-corrected chi connectivity index (χ3v) is 8.21. The number of hydrogen-bond donors (Lipinski definition) is 1. The Morgan fingerprint density at radius 3 is 2.41 bits per heavy atom. The summed E-state index contributed by atoms with van der Waals surface area (Å²) in [5, 5.41) is 3.58. The van der Waals surface area contributed by atoms with E-state index in [0.717, 1.165) is 32.8 Å². The molecule has 0 aromatic heterocycles. The summed E-state index contributed by atoms with van der Waals surface area (Å²) in [4.78, 5) is 12.8. The second kappa shape index (κ2) is 12.7. The standard InChI is InChI=1S/C25H27ClN2O4S2/c1-32-24-15-8-7-14-23(24)28(34(30,31)21-11-3-2-4-12-21)18-25(29)27-16-9-17-33-19-20-10-5-6-13-22(20)26/h2-8,10-15H,9,16-19H2,1H3,(H,27,29). The molecule has 3 aromatic rings. The maximum Gasteiger partial charge on any atom is 0.264 e. The number of sulfonamides is 1. The fraction of sp³-hybridized carbons (Fsp3) is 0.240. The monoisotopic (exact) mass is 518 g/mol. The van der Waals surface area contributed by atoms with Gasteiger partial charge in [0, 0.05) is 17.3 Å². The molecule has 3 rings (SSSR count). The summed E-state index contributed by atoms with van der Waals surface area (Å²) in [5.41, 5.74) is 1.39. The van der Waals surface area contributed by atoms with Crippen LogP contribution in [0.5, 0.6) is 5.75 Å². The molecule has 3 aromatic carbocycles. The van der Waals surface area contributed by atoms with Gasteiger partial charge in [0.05, 0.1) is 17.7 Å². The van der Waals surface area contributed by atoms with Crippen LogP contribution < -0.4 is 14.4 Å². The van der Waals surface area contributed by atoms with Crippen molar-refractivity contribution in [2.45, 2.75) is 17.1 Å². The van der Waals surface area contributed by atoms with Crippen LogP contribution in [0, 0.1) is 0 Å². The van der Waals surface area contributed by atoms with Crippen molar-refractivity contribution in [3.8, 4) is 5.75 Å². The molecule has 0 heterocycles. The Morgan fingerprint density at radius 2 is 1.68 bits per heavy atom. The Hall–Kier alpha value is -2.68. The SMILES string of the molecule is COc1ccccc1N(CC(=O)NCCCSCc1ccccc1Cl)S(=O)(=O)c1ccccc1. The third-order valence-electron chi connectivity index (χ3n) is 4.98. The summed E-state index contributed by atoms with van der Waals surface area (Å²) in [6.07, 6.45) is 0.751. The number of para-hydroxylation sites is 2. The van der Waals surface area contributed by atoms with Crippen molar-refractivity contribution < 1.29 is 17.9 Å². The summed E-state index contributed by atoms with van der Waals surface area (Å²) in [5.74, 6) is 1.61. The zero-order chi connectivity index (χ0) is 24.4. The topological polar surface area (TPSA) is 75.7 Å². The van der Waals surface area contributed by atoms with Gasteiger partial charge in [0.1, 0.15) is 12.3 Å². The number of benzene rings is 3. The number of thioether (sulfide) groups is 1. The number of amides is 1. The van der Waals surface area contributed by atoms with Gasteiger partial charge >= 0.3 is 0 Å². The van der Waals surface area contributed by atoms with Crippen molar-refractivity contribution in [3.63, 3.8) is 0 Å². The lowest BCUT2D eigenvalue weighted by molar-refractivity contribution is -0.119. The number of ether oxygens (including phenoxy) is 1. The average molecular weight is 519 g/mol. The van der Waals surface area contributed by atoms with Crippen molar-refractivity contribution >= 4 is 45.0 Å². The second-order valence-electron chi connectivity index (χ2n) is 7.34. The van der Waals surface area contributed by atoms with Crippen LogP contribution in [0.2, 0.25) is 5.02 Å². The number of methoxy groups -OCH3 is 1. The number of nitrogens with one attached hydrogen (secondary N) is 1. The van der Waals surface area contributed by atoms with Crippen LogP contribution in [-0.4, -0.2) is 40.3 Å². The van der Waals surface area contributed by atoms with Gasteiger partial charge in [-0.3, -0.25) is 9.10 Å². The molecule has 0 saturated carbocycles. The molecule has 0 fully saturated rings. The lowest BCUT2D eigenvalue weighted by atomic mass is 10.2. The van der Waals surface area contributed by atoms with Gasteiger partial charge in [-0.15, -0.1) is 0 Å². The van der Waals surface area contributed by atoms with Crippen molar-refractivity contribution in [2.24, 2.45) is 0 Å². The maximum atomic E-state index is 13.4. The number of carbonyl (C=O) groups is 1. The van der Waals surface area contributed by atoms with Crippen LogP contribution in [-0.2, 0) is 20.6 Å². The predicted molar refractivity (Wildman–Crippen MR) is 139 cm³/mol. The van der Waals surface area contributed by atoms with Crippen molar-refractivity contribution in [1.29, 1.82) is 0 Å². The molecular weight excluding hydrogens is 492 g/mol. The Morgan fingerprint density at radius 1 is 1.00 bits per heavy atom. The van der Waals surface area contributed by atoms with Gasteiger partial charge in [-0.2, -0.15) is 11.8 Å². The zero-order valence-corrected chi connectivity index (χ0v) is 21.2. The first kappa shape index (κ1) is 25.9. The Labute approximate surface area is 210 Å². The van der Waals surface area contributed by atoms with E-state index in [9.17, 15) is 13.2 Å². The number of halogens is 1. The fourth-order valence-corrected chi connectivity index (χ4v) is 5.94. The predicted octanol–water partition coefficient (Wildman–Crippen LogP) is 4.98. The largest absolute Gasteiger partial charge is 0.495 e. The van der Waals surface area contributed by atoms with E-state index in [4.69, 9.17) is 16.3 Å². The Bertz CT molecular complexity index is 1190. The van der Waals surface area contributed by atoms with E-state index in [0.29, 0.717) is 18.0 Å². The van der Waals surface area contributed by atoms with Gasteiger partial charge in [-0.1, -0.05) is 60.1 Å². The highest BCUT2D eigenvalue weighted by molar-refractivity contribution is 7.98.